The second kappa shape index (κ2) is 6.88. The van der Waals surface area contributed by atoms with E-state index in [0.29, 0.717) is 31.3 Å². The van der Waals surface area contributed by atoms with Gasteiger partial charge in [-0.2, -0.15) is 13.2 Å². The standard InChI is InChI=1S/C20H19F3N2O2/c21-20(22,23)15-7-5-14(6-8-15)13-24(16-9-10-16)11-12-25-17-3-1-2-4-18(17)27-19(25)26/h1-8,16H,9-13H2. The third kappa shape index (κ3) is 3.93. The van der Waals surface area contributed by atoms with Crippen LogP contribution in [0.3, 0.4) is 0 Å². The van der Waals surface area contributed by atoms with Gasteiger partial charge in [-0.3, -0.25) is 9.47 Å². The van der Waals surface area contributed by atoms with Crippen molar-refractivity contribution in [3.63, 3.8) is 0 Å². The Kier molecular flexibility index (Phi) is 4.55. The number of alkyl halides is 3. The molecule has 0 aliphatic heterocycles. The summed E-state index contributed by atoms with van der Waals surface area (Å²) < 4.78 is 45.0. The normalized spacial score (nSPS) is 15.0. The van der Waals surface area contributed by atoms with Gasteiger partial charge in [0, 0.05) is 25.7 Å². The van der Waals surface area contributed by atoms with E-state index in [1.807, 2.05) is 18.2 Å². The molecule has 27 heavy (non-hydrogen) atoms. The summed E-state index contributed by atoms with van der Waals surface area (Å²) >= 11 is 0. The number of nitrogens with zero attached hydrogens (tertiary/aromatic N) is 2. The molecule has 0 unspecified atom stereocenters. The Morgan fingerprint density at radius 3 is 2.44 bits per heavy atom. The maximum atomic E-state index is 12.7. The average Bonchev–Trinajstić information content (AvgIpc) is 3.42. The predicted molar refractivity (Wildman–Crippen MR) is 95.4 cm³/mol. The molecule has 0 saturated heterocycles. The summed E-state index contributed by atoms with van der Waals surface area (Å²) in [6.45, 7) is 1.68. The predicted octanol–water partition coefficient (Wildman–Crippen LogP) is 4.28. The molecule has 2 aromatic carbocycles. The minimum absolute atomic E-state index is 0.388. The van der Waals surface area contributed by atoms with Crippen LogP contribution in [-0.4, -0.2) is 22.1 Å². The first-order valence-corrected chi connectivity index (χ1v) is 8.90. The Morgan fingerprint density at radius 1 is 1.07 bits per heavy atom. The van der Waals surface area contributed by atoms with Gasteiger partial charge >= 0.3 is 11.9 Å². The highest BCUT2D eigenvalue weighted by molar-refractivity contribution is 5.72. The van der Waals surface area contributed by atoms with E-state index < -0.39 is 11.7 Å². The van der Waals surface area contributed by atoms with E-state index in [0.717, 1.165) is 36.1 Å². The number of hydrogen-bond acceptors (Lipinski definition) is 3. The van der Waals surface area contributed by atoms with Crippen molar-refractivity contribution >= 4 is 11.1 Å². The number of fused-ring (bicyclic) bond motifs is 1. The van der Waals surface area contributed by atoms with E-state index >= 15 is 0 Å². The Balaban J connectivity index is 1.47. The van der Waals surface area contributed by atoms with E-state index in [1.54, 1.807) is 10.6 Å². The highest BCUT2D eigenvalue weighted by Gasteiger charge is 2.31. The minimum Gasteiger partial charge on any atom is -0.408 e. The van der Waals surface area contributed by atoms with Crippen molar-refractivity contribution in [2.45, 2.75) is 38.1 Å². The molecule has 1 heterocycles. The van der Waals surface area contributed by atoms with Gasteiger partial charge in [-0.15, -0.1) is 0 Å². The smallest absolute Gasteiger partial charge is 0.408 e. The van der Waals surface area contributed by atoms with Crippen LogP contribution in [-0.2, 0) is 19.3 Å². The molecule has 142 valence electrons. The third-order valence-corrected chi connectivity index (χ3v) is 4.91. The van der Waals surface area contributed by atoms with E-state index in [2.05, 4.69) is 4.90 Å². The molecule has 0 N–H and O–H groups in total. The summed E-state index contributed by atoms with van der Waals surface area (Å²) in [5, 5.41) is 0. The lowest BCUT2D eigenvalue weighted by atomic mass is 10.1. The zero-order chi connectivity index (χ0) is 19.0. The second-order valence-electron chi connectivity index (χ2n) is 6.88. The van der Waals surface area contributed by atoms with E-state index in [1.165, 1.54) is 12.1 Å². The van der Waals surface area contributed by atoms with Gasteiger partial charge in [-0.05, 0) is 42.7 Å². The van der Waals surface area contributed by atoms with Gasteiger partial charge in [0.2, 0.25) is 0 Å². The van der Waals surface area contributed by atoms with Gasteiger partial charge < -0.3 is 4.42 Å². The van der Waals surface area contributed by atoms with Crippen LogP contribution in [0.5, 0.6) is 0 Å². The first kappa shape index (κ1) is 17.9. The Morgan fingerprint density at radius 2 is 1.78 bits per heavy atom. The van der Waals surface area contributed by atoms with Crippen molar-refractivity contribution < 1.29 is 17.6 Å². The van der Waals surface area contributed by atoms with Gasteiger partial charge in [0.15, 0.2) is 5.58 Å². The molecule has 0 radical (unpaired) electrons. The van der Waals surface area contributed by atoms with Crippen molar-refractivity contribution in [3.8, 4) is 0 Å². The third-order valence-electron chi connectivity index (χ3n) is 4.91. The fourth-order valence-corrected chi connectivity index (χ4v) is 3.32. The molecule has 7 heteroatoms. The number of halogens is 3. The van der Waals surface area contributed by atoms with Crippen molar-refractivity contribution in [3.05, 3.63) is 70.2 Å². The molecular weight excluding hydrogens is 357 g/mol. The molecule has 0 amide bonds. The first-order chi connectivity index (χ1) is 12.9. The van der Waals surface area contributed by atoms with Crippen LogP contribution >= 0.6 is 0 Å². The van der Waals surface area contributed by atoms with Gasteiger partial charge in [0.25, 0.3) is 0 Å². The van der Waals surface area contributed by atoms with Crippen LogP contribution in [0.15, 0.2) is 57.7 Å². The van der Waals surface area contributed by atoms with E-state index in [9.17, 15) is 18.0 Å². The monoisotopic (exact) mass is 376 g/mol. The van der Waals surface area contributed by atoms with Crippen molar-refractivity contribution in [2.75, 3.05) is 6.54 Å². The maximum Gasteiger partial charge on any atom is 0.419 e. The number of aromatic nitrogens is 1. The fourth-order valence-electron chi connectivity index (χ4n) is 3.32. The Bertz CT molecular complexity index is 985. The largest absolute Gasteiger partial charge is 0.419 e. The van der Waals surface area contributed by atoms with Crippen LogP contribution < -0.4 is 5.76 Å². The van der Waals surface area contributed by atoms with Crippen LogP contribution in [0.4, 0.5) is 13.2 Å². The Hall–Kier alpha value is -2.54. The van der Waals surface area contributed by atoms with Crippen molar-refractivity contribution in [1.29, 1.82) is 0 Å². The molecule has 0 bridgehead atoms. The van der Waals surface area contributed by atoms with Gasteiger partial charge in [0.05, 0.1) is 11.1 Å². The molecular formula is C20H19F3N2O2. The number of oxazole rings is 1. The zero-order valence-electron chi connectivity index (χ0n) is 14.6. The van der Waals surface area contributed by atoms with Gasteiger partial charge in [-0.1, -0.05) is 24.3 Å². The van der Waals surface area contributed by atoms with Crippen molar-refractivity contribution in [2.24, 2.45) is 0 Å². The molecule has 1 fully saturated rings. The zero-order valence-corrected chi connectivity index (χ0v) is 14.6. The molecule has 1 aliphatic rings. The molecule has 1 saturated carbocycles. The van der Waals surface area contributed by atoms with Crippen molar-refractivity contribution in [1.82, 2.24) is 9.47 Å². The van der Waals surface area contributed by atoms with Crippen LogP contribution in [0.1, 0.15) is 24.0 Å². The molecule has 4 nitrogen and oxygen atoms in total. The molecule has 0 spiro atoms. The maximum absolute atomic E-state index is 12.7. The SMILES string of the molecule is O=c1oc2ccccc2n1CCN(Cc1ccc(C(F)(F)F)cc1)C1CC1. The first-order valence-electron chi connectivity index (χ1n) is 8.90. The topological polar surface area (TPSA) is 38.4 Å². The van der Waals surface area contributed by atoms with Crippen LogP contribution in [0, 0.1) is 0 Å². The lowest BCUT2D eigenvalue weighted by molar-refractivity contribution is -0.137. The molecule has 4 rings (SSSR count). The van der Waals surface area contributed by atoms with E-state index in [4.69, 9.17) is 4.42 Å². The van der Waals surface area contributed by atoms with Gasteiger partial charge in [-0.25, -0.2) is 4.79 Å². The summed E-state index contributed by atoms with van der Waals surface area (Å²) in [7, 11) is 0. The number of rotatable bonds is 6. The number of para-hydroxylation sites is 2. The highest BCUT2D eigenvalue weighted by atomic mass is 19.4. The van der Waals surface area contributed by atoms with Crippen LogP contribution in [0.2, 0.25) is 0 Å². The Labute approximate surface area is 153 Å². The summed E-state index contributed by atoms with van der Waals surface area (Å²) in [6, 6.07) is 13.0. The molecule has 1 aliphatic carbocycles. The summed E-state index contributed by atoms with van der Waals surface area (Å²) in [5.41, 5.74) is 1.51. The van der Waals surface area contributed by atoms with E-state index in [-0.39, 0.29) is 5.76 Å². The summed E-state index contributed by atoms with van der Waals surface area (Å²) in [5.74, 6) is -0.388. The van der Waals surface area contributed by atoms with Crippen LogP contribution in [0.25, 0.3) is 11.1 Å². The molecule has 0 atom stereocenters. The lowest BCUT2D eigenvalue weighted by Gasteiger charge is -2.22. The number of benzene rings is 2. The highest BCUT2D eigenvalue weighted by Crippen LogP contribution is 2.31. The lowest BCUT2D eigenvalue weighted by Crippen LogP contribution is -2.31. The minimum atomic E-state index is -4.32. The summed E-state index contributed by atoms with van der Waals surface area (Å²) in [6.07, 6.45) is -2.18. The summed E-state index contributed by atoms with van der Waals surface area (Å²) in [4.78, 5) is 14.3. The quantitative estimate of drug-likeness (QED) is 0.645. The fraction of sp³-hybridized carbons (Fsp3) is 0.350. The number of hydrogen-bond donors (Lipinski definition) is 0. The second-order valence-corrected chi connectivity index (χ2v) is 6.88. The molecule has 3 aromatic rings. The molecule has 1 aromatic heterocycles. The average molecular weight is 376 g/mol. The van der Waals surface area contributed by atoms with Gasteiger partial charge in [0.1, 0.15) is 0 Å².